The van der Waals surface area contributed by atoms with E-state index >= 15 is 0 Å². The zero-order valence-corrected chi connectivity index (χ0v) is 14.3. The number of esters is 1. The summed E-state index contributed by atoms with van der Waals surface area (Å²) in [6, 6.07) is 0. The van der Waals surface area contributed by atoms with Crippen molar-refractivity contribution in [2.75, 3.05) is 19.7 Å². The minimum Gasteiger partial charge on any atom is -0.455 e. The smallest absolute Gasteiger partial charge is 0.312 e. The Morgan fingerprint density at radius 1 is 1.14 bits per heavy atom. The van der Waals surface area contributed by atoms with E-state index in [9.17, 15) is 9.59 Å². The van der Waals surface area contributed by atoms with E-state index in [-0.39, 0.29) is 23.4 Å². The molecule has 0 aromatic heterocycles. The Balaban J connectivity index is 1.64. The first kappa shape index (κ1) is 16.1. The molecule has 0 N–H and O–H groups in total. The van der Waals surface area contributed by atoms with Crippen molar-refractivity contribution in [3.05, 3.63) is 0 Å². The molecule has 4 fully saturated rings. The van der Waals surface area contributed by atoms with Gasteiger partial charge in [0.25, 0.3) is 5.91 Å². The summed E-state index contributed by atoms with van der Waals surface area (Å²) in [4.78, 5) is 26.2. The van der Waals surface area contributed by atoms with Gasteiger partial charge in [0.05, 0.1) is 5.41 Å². The van der Waals surface area contributed by atoms with E-state index in [1.807, 2.05) is 13.8 Å². The number of carbonyl (C=O) groups is 2. The lowest BCUT2D eigenvalue weighted by molar-refractivity contribution is -0.173. The largest absolute Gasteiger partial charge is 0.455 e. The molecule has 4 aliphatic rings. The molecule has 4 rings (SSSR count). The number of hydrogen-bond donors (Lipinski definition) is 0. The summed E-state index contributed by atoms with van der Waals surface area (Å²) < 4.78 is 5.43. The second kappa shape index (κ2) is 5.70. The number of amides is 1. The van der Waals surface area contributed by atoms with Gasteiger partial charge in [0, 0.05) is 18.0 Å². The number of carbonyl (C=O) groups excluding carboxylic acids is 2. The Kier molecular flexibility index (Phi) is 4.17. The second-order valence-electron chi connectivity index (χ2n) is 7.53. The van der Waals surface area contributed by atoms with Crippen molar-refractivity contribution in [1.29, 1.82) is 0 Å². The average molecular weight is 328 g/mol. The van der Waals surface area contributed by atoms with Gasteiger partial charge in [-0.05, 0) is 64.2 Å². The summed E-state index contributed by atoms with van der Waals surface area (Å²) >= 11 is 6.74. The van der Waals surface area contributed by atoms with Crippen LogP contribution in [-0.2, 0) is 14.3 Å². The van der Waals surface area contributed by atoms with E-state index in [1.165, 1.54) is 6.42 Å². The van der Waals surface area contributed by atoms with Gasteiger partial charge in [-0.1, -0.05) is 0 Å². The number of nitrogens with zero attached hydrogens (tertiary/aromatic N) is 1. The van der Waals surface area contributed by atoms with Crippen LogP contribution in [0.1, 0.15) is 52.4 Å². The number of likely N-dealkylation sites (N-methyl/N-ethyl adjacent to an activating group) is 1. The third-order valence-corrected chi connectivity index (χ3v) is 6.31. The van der Waals surface area contributed by atoms with Gasteiger partial charge in [-0.15, -0.1) is 11.6 Å². The van der Waals surface area contributed by atoms with Crippen LogP contribution in [0.4, 0.5) is 0 Å². The van der Waals surface area contributed by atoms with Gasteiger partial charge < -0.3 is 9.64 Å². The van der Waals surface area contributed by atoms with Crippen molar-refractivity contribution in [3.8, 4) is 0 Å². The third kappa shape index (κ3) is 2.75. The van der Waals surface area contributed by atoms with E-state index in [0.29, 0.717) is 24.9 Å². The van der Waals surface area contributed by atoms with Crippen molar-refractivity contribution in [3.63, 3.8) is 0 Å². The van der Waals surface area contributed by atoms with Crippen LogP contribution in [0.2, 0.25) is 0 Å². The van der Waals surface area contributed by atoms with Crippen LogP contribution >= 0.6 is 11.6 Å². The van der Waals surface area contributed by atoms with Crippen LogP contribution in [0.3, 0.4) is 0 Å². The van der Waals surface area contributed by atoms with Crippen LogP contribution in [0.25, 0.3) is 0 Å². The molecular weight excluding hydrogens is 302 g/mol. The average Bonchev–Trinajstić information content (AvgIpc) is 2.43. The molecule has 0 aliphatic heterocycles. The molecule has 22 heavy (non-hydrogen) atoms. The molecule has 4 aliphatic carbocycles. The van der Waals surface area contributed by atoms with Gasteiger partial charge in [-0.3, -0.25) is 9.59 Å². The minimum absolute atomic E-state index is 0.108. The Bertz CT molecular complexity index is 461. The van der Waals surface area contributed by atoms with Crippen molar-refractivity contribution in [1.82, 2.24) is 4.90 Å². The number of ether oxygens (including phenoxy) is 1. The quantitative estimate of drug-likeness (QED) is 0.576. The molecule has 0 saturated heterocycles. The van der Waals surface area contributed by atoms with Gasteiger partial charge in [0.1, 0.15) is 0 Å². The van der Waals surface area contributed by atoms with Crippen LogP contribution < -0.4 is 0 Å². The molecule has 0 spiro atoms. The normalized spacial score (nSPS) is 38.9. The number of hydrogen-bond acceptors (Lipinski definition) is 3. The maximum Gasteiger partial charge on any atom is 0.312 e. The first-order chi connectivity index (χ1) is 10.4. The molecule has 0 heterocycles. The highest BCUT2D eigenvalue weighted by Gasteiger charge is 2.60. The Morgan fingerprint density at radius 3 is 2.23 bits per heavy atom. The van der Waals surface area contributed by atoms with E-state index in [0.717, 1.165) is 32.1 Å². The van der Waals surface area contributed by atoms with Gasteiger partial charge in [-0.2, -0.15) is 0 Å². The Morgan fingerprint density at radius 2 is 1.73 bits per heavy atom. The molecular formula is C17H26ClNO3. The van der Waals surface area contributed by atoms with Gasteiger partial charge in [-0.25, -0.2) is 0 Å². The molecule has 0 aromatic carbocycles. The predicted molar refractivity (Wildman–Crippen MR) is 84.6 cm³/mol. The van der Waals surface area contributed by atoms with Crippen LogP contribution in [0, 0.1) is 17.3 Å². The summed E-state index contributed by atoms with van der Waals surface area (Å²) in [5.74, 6) is 0.824. The van der Waals surface area contributed by atoms with Crippen molar-refractivity contribution >= 4 is 23.5 Å². The molecule has 2 atom stereocenters. The zero-order chi connectivity index (χ0) is 16.0. The maximum atomic E-state index is 12.7. The topological polar surface area (TPSA) is 46.6 Å². The molecule has 124 valence electrons. The molecule has 4 saturated carbocycles. The lowest BCUT2D eigenvalue weighted by Crippen LogP contribution is -2.56. The first-order valence-corrected chi connectivity index (χ1v) is 8.91. The Hall–Kier alpha value is -0.770. The fraction of sp³-hybridized carbons (Fsp3) is 0.882. The highest BCUT2D eigenvalue weighted by Crippen LogP contribution is 2.64. The van der Waals surface area contributed by atoms with Crippen LogP contribution in [0.15, 0.2) is 0 Å². The number of alkyl halides is 1. The van der Waals surface area contributed by atoms with Gasteiger partial charge in [0.2, 0.25) is 0 Å². The fourth-order valence-corrected chi connectivity index (χ4v) is 6.03. The Labute approximate surface area is 137 Å². The molecule has 0 aromatic rings. The SMILES string of the molecule is CCN(CC)C(=O)COC(=O)C12C[C@H]3C[C@@H](CC(Cl)(C3)C1)C2. The summed E-state index contributed by atoms with van der Waals surface area (Å²) in [5.41, 5.74) is -0.421. The van der Waals surface area contributed by atoms with Crippen LogP contribution in [0.5, 0.6) is 0 Å². The number of rotatable bonds is 5. The standard InChI is InChI=1S/C17H26ClNO3/c1-3-19(4-2)14(20)10-22-15(21)16-6-12-5-13(7-16)9-17(18,8-12)11-16/h12-13H,3-11H2,1-2H3/t12-,13-,16?,17?/m1/s1. The zero-order valence-electron chi connectivity index (χ0n) is 13.6. The molecule has 4 bridgehead atoms. The van der Waals surface area contributed by atoms with Gasteiger partial charge in [0.15, 0.2) is 6.61 Å². The van der Waals surface area contributed by atoms with Crippen molar-refractivity contribution in [2.45, 2.75) is 57.2 Å². The fourth-order valence-electron chi connectivity index (χ4n) is 5.34. The molecule has 5 heteroatoms. The second-order valence-corrected chi connectivity index (χ2v) is 8.34. The molecule has 4 nitrogen and oxygen atoms in total. The van der Waals surface area contributed by atoms with Crippen molar-refractivity contribution in [2.24, 2.45) is 17.3 Å². The highest BCUT2D eigenvalue weighted by molar-refractivity contribution is 6.24. The summed E-state index contributed by atoms with van der Waals surface area (Å²) in [6.45, 7) is 5.02. The van der Waals surface area contributed by atoms with Gasteiger partial charge >= 0.3 is 5.97 Å². The maximum absolute atomic E-state index is 12.7. The first-order valence-electron chi connectivity index (χ1n) is 8.53. The summed E-state index contributed by atoms with van der Waals surface area (Å²) in [7, 11) is 0. The molecule has 0 radical (unpaired) electrons. The highest BCUT2D eigenvalue weighted by atomic mass is 35.5. The monoisotopic (exact) mass is 327 g/mol. The van der Waals surface area contributed by atoms with E-state index in [2.05, 4.69) is 0 Å². The van der Waals surface area contributed by atoms with Crippen LogP contribution in [-0.4, -0.2) is 41.3 Å². The lowest BCUT2D eigenvalue weighted by atomic mass is 9.49. The summed E-state index contributed by atoms with van der Waals surface area (Å²) in [5, 5.41) is 0. The number of halogens is 1. The van der Waals surface area contributed by atoms with E-state index in [4.69, 9.17) is 16.3 Å². The molecule has 0 unspecified atom stereocenters. The third-order valence-electron chi connectivity index (χ3n) is 5.87. The minimum atomic E-state index is -0.421. The van der Waals surface area contributed by atoms with E-state index < -0.39 is 5.41 Å². The molecule has 1 amide bonds. The summed E-state index contributed by atoms with van der Waals surface area (Å²) in [6.07, 6.45) is 5.82. The van der Waals surface area contributed by atoms with Crippen molar-refractivity contribution < 1.29 is 14.3 Å². The lowest BCUT2D eigenvalue weighted by Gasteiger charge is -2.58. The predicted octanol–water partition coefficient (Wildman–Crippen LogP) is 2.98. The van der Waals surface area contributed by atoms with E-state index in [1.54, 1.807) is 4.90 Å².